The van der Waals surface area contributed by atoms with Gasteiger partial charge in [-0.05, 0) is 37.9 Å². The van der Waals surface area contributed by atoms with E-state index in [4.69, 9.17) is 11.6 Å². The van der Waals surface area contributed by atoms with Crippen LogP contribution in [-0.4, -0.2) is 22.2 Å². The Labute approximate surface area is 102 Å². The van der Waals surface area contributed by atoms with Crippen molar-refractivity contribution in [3.05, 3.63) is 19.2 Å². The third-order valence-electron chi connectivity index (χ3n) is 1.48. The van der Waals surface area contributed by atoms with E-state index in [1.54, 1.807) is 6.07 Å². The lowest BCUT2D eigenvalue weighted by Gasteiger charge is -2.12. The van der Waals surface area contributed by atoms with Crippen LogP contribution in [0.5, 0.6) is 0 Å². The second-order valence-electron chi connectivity index (χ2n) is 2.44. The maximum absolute atomic E-state index is 9.56. The van der Waals surface area contributed by atoms with Crippen LogP contribution >= 0.6 is 54.8 Å². The van der Waals surface area contributed by atoms with Crippen molar-refractivity contribution in [2.75, 3.05) is 5.88 Å². The second kappa shape index (κ2) is 5.09. The maximum Gasteiger partial charge on any atom is 0.115 e. The predicted molar refractivity (Wildman–Crippen MR) is 61.4 cm³/mol. The zero-order valence-electron chi connectivity index (χ0n) is 6.38. The number of aliphatic hydroxyl groups excluding tert-OH is 2. The van der Waals surface area contributed by atoms with Crippen molar-refractivity contribution < 1.29 is 10.2 Å². The fraction of sp³-hybridized carbons (Fsp3) is 0.429. The Kier molecular flexibility index (Phi) is 4.68. The normalized spacial score (nSPS) is 15.8. The molecule has 0 aliphatic carbocycles. The van der Waals surface area contributed by atoms with Crippen molar-refractivity contribution in [3.63, 3.8) is 0 Å². The lowest BCUT2D eigenvalue weighted by Crippen LogP contribution is -2.18. The molecule has 0 saturated heterocycles. The number of aliphatic hydroxyl groups is 2. The van der Waals surface area contributed by atoms with Crippen molar-refractivity contribution in [1.82, 2.24) is 0 Å². The Morgan fingerprint density at radius 2 is 2.08 bits per heavy atom. The molecule has 0 radical (unpaired) electrons. The minimum absolute atomic E-state index is 0.0221. The van der Waals surface area contributed by atoms with E-state index in [1.807, 2.05) is 0 Å². The van der Waals surface area contributed by atoms with E-state index in [1.165, 1.54) is 11.3 Å². The quantitative estimate of drug-likeness (QED) is 0.823. The molecule has 1 rings (SSSR count). The lowest BCUT2D eigenvalue weighted by atomic mass is 10.2. The van der Waals surface area contributed by atoms with Gasteiger partial charge in [0.2, 0.25) is 0 Å². The number of rotatable bonds is 3. The van der Waals surface area contributed by atoms with Crippen LogP contribution in [0.4, 0.5) is 0 Å². The summed E-state index contributed by atoms with van der Waals surface area (Å²) in [4.78, 5) is 0.687. The standard InChI is InChI=1S/C7H7Br2ClO2S/c8-3-1-5(13-7(3)9)6(12)4(11)2-10/h1,4,6,11-12H,2H2. The molecule has 0 aliphatic heterocycles. The number of hydrogen-bond acceptors (Lipinski definition) is 3. The molecule has 1 aromatic rings. The first-order chi connectivity index (χ1) is 6.06. The molecule has 2 unspecified atom stereocenters. The molecule has 74 valence electrons. The molecule has 2 N–H and O–H groups in total. The molecule has 0 amide bonds. The zero-order valence-corrected chi connectivity index (χ0v) is 11.1. The van der Waals surface area contributed by atoms with Gasteiger partial charge in [0, 0.05) is 9.35 Å². The first-order valence-electron chi connectivity index (χ1n) is 3.43. The van der Waals surface area contributed by atoms with Gasteiger partial charge in [-0.2, -0.15) is 0 Å². The topological polar surface area (TPSA) is 40.5 Å². The first-order valence-corrected chi connectivity index (χ1v) is 6.36. The van der Waals surface area contributed by atoms with Crippen LogP contribution in [0.3, 0.4) is 0 Å². The lowest BCUT2D eigenvalue weighted by molar-refractivity contribution is 0.0350. The van der Waals surface area contributed by atoms with Crippen LogP contribution in [0.2, 0.25) is 0 Å². The molecule has 0 bridgehead atoms. The molecule has 0 aromatic carbocycles. The molecule has 13 heavy (non-hydrogen) atoms. The van der Waals surface area contributed by atoms with Crippen molar-refractivity contribution in [2.45, 2.75) is 12.2 Å². The number of thiophene rings is 1. The monoisotopic (exact) mass is 348 g/mol. The van der Waals surface area contributed by atoms with Gasteiger partial charge < -0.3 is 10.2 Å². The second-order valence-corrected chi connectivity index (χ2v) is 6.00. The highest BCUT2D eigenvalue weighted by molar-refractivity contribution is 9.13. The van der Waals surface area contributed by atoms with Gasteiger partial charge in [-0.1, -0.05) is 0 Å². The molecule has 2 nitrogen and oxygen atoms in total. The summed E-state index contributed by atoms with van der Waals surface area (Å²) >= 11 is 13.4. The summed E-state index contributed by atoms with van der Waals surface area (Å²) in [5.74, 6) is 0.0221. The molecule has 2 atom stereocenters. The van der Waals surface area contributed by atoms with E-state index in [0.29, 0.717) is 4.88 Å². The van der Waals surface area contributed by atoms with Gasteiger partial charge in [-0.25, -0.2) is 0 Å². The summed E-state index contributed by atoms with van der Waals surface area (Å²) < 4.78 is 1.76. The molecule has 0 aliphatic rings. The Morgan fingerprint density at radius 1 is 1.46 bits per heavy atom. The minimum atomic E-state index is -0.917. The summed E-state index contributed by atoms with van der Waals surface area (Å²) in [6, 6.07) is 1.76. The average Bonchev–Trinajstić information content (AvgIpc) is 2.44. The highest BCUT2D eigenvalue weighted by atomic mass is 79.9. The molecular formula is C7H7Br2ClO2S. The van der Waals surface area contributed by atoms with Gasteiger partial charge in [0.15, 0.2) is 0 Å². The summed E-state index contributed by atoms with van der Waals surface area (Å²) in [6.07, 6.45) is -1.83. The van der Waals surface area contributed by atoms with Gasteiger partial charge in [-0.3, -0.25) is 0 Å². The van der Waals surface area contributed by atoms with E-state index >= 15 is 0 Å². The molecular weight excluding hydrogens is 343 g/mol. The number of halogens is 3. The van der Waals surface area contributed by atoms with E-state index < -0.39 is 12.2 Å². The van der Waals surface area contributed by atoms with Crippen LogP contribution in [0.25, 0.3) is 0 Å². The summed E-state index contributed by atoms with van der Waals surface area (Å²) in [5, 5.41) is 18.8. The van der Waals surface area contributed by atoms with E-state index in [2.05, 4.69) is 31.9 Å². The smallest absolute Gasteiger partial charge is 0.115 e. The largest absolute Gasteiger partial charge is 0.389 e. The van der Waals surface area contributed by atoms with Crippen molar-refractivity contribution in [2.24, 2.45) is 0 Å². The van der Waals surface area contributed by atoms with Gasteiger partial charge >= 0.3 is 0 Å². The molecule has 1 heterocycles. The predicted octanol–water partition coefficient (Wildman–Crippen LogP) is 2.91. The van der Waals surface area contributed by atoms with E-state index in [0.717, 1.165) is 8.26 Å². The SMILES string of the molecule is OC(CCl)C(O)c1cc(Br)c(Br)s1. The minimum Gasteiger partial charge on any atom is -0.389 e. The molecule has 1 aromatic heterocycles. The summed E-state index contributed by atoms with van der Waals surface area (Å²) in [7, 11) is 0. The molecule has 6 heteroatoms. The first kappa shape index (κ1) is 11.9. The Bertz CT molecular complexity index is 273. The number of hydrogen-bond donors (Lipinski definition) is 2. The van der Waals surface area contributed by atoms with E-state index in [-0.39, 0.29) is 5.88 Å². The van der Waals surface area contributed by atoms with Gasteiger partial charge in [0.1, 0.15) is 6.10 Å². The fourth-order valence-electron chi connectivity index (χ4n) is 0.783. The third-order valence-corrected chi connectivity index (χ3v) is 5.12. The molecule has 0 saturated carbocycles. The van der Waals surface area contributed by atoms with Crippen molar-refractivity contribution in [3.8, 4) is 0 Å². The van der Waals surface area contributed by atoms with Crippen LogP contribution in [0.1, 0.15) is 11.0 Å². The zero-order chi connectivity index (χ0) is 10.0. The Morgan fingerprint density at radius 3 is 2.46 bits per heavy atom. The van der Waals surface area contributed by atoms with Gasteiger partial charge in [0.05, 0.1) is 15.8 Å². The van der Waals surface area contributed by atoms with Gasteiger partial charge in [0.25, 0.3) is 0 Å². The third kappa shape index (κ3) is 2.91. The molecule has 0 fully saturated rings. The maximum atomic E-state index is 9.56. The van der Waals surface area contributed by atoms with Crippen molar-refractivity contribution >= 4 is 54.8 Å². The highest BCUT2D eigenvalue weighted by Crippen LogP contribution is 2.36. The molecule has 0 spiro atoms. The van der Waals surface area contributed by atoms with Crippen LogP contribution in [0, 0.1) is 0 Å². The number of alkyl halides is 1. The summed E-state index contributed by atoms with van der Waals surface area (Å²) in [6.45, 7) is 0. The summed E-state index contributed by atoms with van der Waals surface area (Å²) in [5.41, 5.74) is 0. The Balaban J connectivity index is 2.82. The van der Waals surface area contributed by atoms with E-state index in [9.17, 15) is 10.2 Å². The average molecular weight is 350 g/mol. The van der Waals surface area contributed by atoms with Gasteiger partial charge in [-0.15, -0.1) is 22.9 Å². The van der Waals surface area contributed by atoms with Crippen LogP contribution < -0.4 is 0 Å². The van der Waals surface area contributed by atoms with Crippen molar-refractivity contribution in [1.29, 1.82) is 0 Å². The van der Waals surface area contributed by atoms with Crippen LogP contribution in [0.15, 0.2) is 14.3 Å². The highest BCUT2D eigenvalue weighted by Gasteiger charge is 2.20. The fourth-order valence-corrected chi connectivity index (χ4v) is 3.09. The Hall–Kier alpha value is 0.870. The van der Waals surface area contributed by atoms with Crippen LogP contribution in [-0.2, 0) is 0 Å².